The summed E-state index contributed by atoms with van der Waals surface area (Å²) in [5.74, 6) is 0.796. The van der Waals surface area contributed by atoms with Crippen LogP contribution in [0, 0.1) is 0 Å². The summed E-state index contributed by atoms with van der Waals surface area (Å²) in [6.45, 7) is 1.82. The molecule has 1 N–H and O–H groups in total. The van der Waals surface area contributed by atoms with E-state index in [4.69, 9.17) is 4.52 Å². The van der Waals surface area contributed by atoms with Crippen LogP contribution in [-0.4, -0.2) is 48.0 Å². The molecule has 9 nitrogen and oxygen atoms in total. The maximum atomic E-state index is 5.22. The summed E-state index contributed by atoms with van der Waals surface area (Å²) in [4.78, 5) is 4.30. The normalized spacial score (nSPS) is 15.4. The van der Waals surface area contributed by atoms with E-state index in [-0.39, 0.29) is 0 Å². The number of nitrogens with zero attached hydrogens (tertiary/aromatic N) is 7. The second-order valence-corrected chi connectivity index (χ2v) is 4.69. The van der Waals surface area contributed by atoms with Crippen LogP contribution in [0.4, 0.5) is 0 Å². The molecule has 3 aromatic rings. The van der Waals surface area contributed by atoms with Gasteiger partial charge in [0.25, 0.3) is 5.89 Å². The van der Waals surface area contributed by atoms with Crippen molar-refractivity contribution in [1.82, 2.24) is 40.2 Å². The molecule has 0 aromatic carbocycles. The average molecular weight is 272 g/mol. The molecule has 1 aliphatic heterocycles. The number of nitrogens with one attached hydrogen (secondary N) is 1. The number of aromatic nitrogens is 7. The van der Waals surface area contributed by atoms with Crippen molar-refractivity contribution in [2.45, 2.75) is 6.04 Å². The Morgan fingerprint density at radius 1 is 1.35 bits per heavy atom. The minimum atomic E-state index is 0.351. The fourth-order valence-corrected chi connectivity index (χ4v) is 1.98. The molecule has 1 fully saturated rings. The second kappa shape index (κ2) is 4.23. The Kier molecular flexibility index (Phi) is 2.39. The molecule has 0 spiro atoms. The van der Waals surface area contributed by atoms with Gasteiger partial charge in [0.2, 0.25) is 5.82 Å². The van der Waals surface area contributed by atoms with Crippen molar-refractivity contribution in [2.24, 2.45) is 7.05 Å². The summed E-state index contributed by atoms with van der Waals surface area (Å²) < 4.78 is 8.72. The number of hydrogen-bond donors (Lipinski definition) is 1. The van der Waals surface area contributed by atoms with E-state index in [1.54, 1.807) is 4.68 Å². The van der Waals surface area contributed by atoms with E-state index in [9.17, 15) is 0 Å². The highest BCUT2D eigenvalue weighted by Crippen LogP contribution is 2.20. The average Bonchev–Trinajstić information content (AvgIpc) is 3.04. The van der Waals surface area contributed by atoms with E-state index in [1.165, 1.54) is 0 Å². The molecule has 0 amide bonds. The van der Waals surface area contributed by atoms with Crippen LogP contribution in [-0.2, 0) is 7.05 Å². The SMILES string of the molecule is Cn1ccc(-c2noc(-c3cn(C4CNC4)nn3)n2)n1. The monoisotopic (exact) mass is 272 g/mol. The maximum Gasteiger partial charge on any atom is 0.280 e. The summed E-state index contributed by atoms with van der Waals surface area (Å²) in [6, 6.07) is 2.18. The summed E-state index contributed by atoms with van der Waals surface area (Å²) in [5.41, 5.74) is 1.24. The smallest absolute Gasteiger partial charge is 0.280 e. The lowest BCUT2D eigenvalue weighted by Gasteiger charge is -2.26. The molecule has 0 unspecified atom stereocenters. The second-order valence-electron chi connectivity index (χ2n) is 4.69. The van der Waals surface area contributed by atoms with E-state index < -0.39 is 0 Å². The lowest BCUT2D eigenvalue weighted by Crippen LogP contribution is -2.43. The minimum Gasteiger partial charge on any atom is -0.332 e. The highest BCUT2D eigenvalue weighted by molar-refractivity contribution is 5.52. The molecule has 4 rings (SSSR count). The zero-order valence-electron chi connectivity index (χ0n) is 10.8. The zero-order valence-corrected chi connectivity index (χ0v) is 10.8. The highest BCUT2D eigenvalue weighted by Gasteiger charge is 2.22. The molecule has 0 radical (unpaired) electrons. The van der Waals surface area contributed by atoms with Gasteiger partial charge in [-0.05, 0) is 6.07 Å². The molecule has 1 aliphatic rings. The van der Waals surface area contributed by atoms with E-state index in [2.05, 4.69) is 30.9 Å². The Hall–Kier alpha value is -2.55. The molecule has 0 bridgehead atoms. The van der Waals surface area contributed by atoms with Crippen molar-refractivity contribution in [1.29, 1.82) is 0 Å². The molecule has 0 saturated carbocycles. The van der Waals surface area contributed by atoms with Crippen LogP contribution in [0.25, 0.3) is 23.1 Å². The van der Waals surface area contributed by atoms with Gasteiger partial charge in [-0.15, -0.1) is 5.10 Å². The van der Waals surface area contributed by atoms with Gasteiger partial charge < -0.3 is 9.84 Å². The van der Waals surface area contributed by atoms with Gasteiger partial charge in [-0.25, -0.2) is 4.68 Å². The summed E-state index contributed by atoms with van der Waals surface area (Å²) in [5, 5.41) is 19.5. The van der Waals surface area contributed by atoms with Crippen LogP contribution < -0.4 is 5.32 Å². The topological polar surface area (TPSA) is 99.5 Å². The van der Waals surface area contributed by atoms with Crippen LogP contribution in [0.1, 0.15) is 6.04 Å². The van der Waals surface area contributed by atoms with Crippen LogP contribution >= 0.6 is 0 Å². The van der Waals surface area contributed by atoms with Crippen LogP contribution in [0.3, 0.4) is 0 Å². The van der Waals surface area contributed by atoms with Crippen LogP contribution in [0.5, 0.6) is 0 Å². The van der Waals surface area contributed by atoms with Gasteiger partial charge in [-0.1, -0.05) is 10.4 Å². The predicted molar refractivity (Wildman–Crippen MR) is 67.4 cm³/mol. The summed E-state index contributed by atoms with van der Waals surface area (Å²) >= 11 is 0. The van der Waals surface area contributed by atoms with Gasteiger partial charge in [0, 0.05) is 26.3 Å². The number of aryl methyl sites for hydroxylation is 1. The molecule has 9 heteroatoms. The largest absolute Gasteiger partial charge is 0.332 e. The first-order chi connectivity index (χ1) is 9.79. The number of rotatable bonds is 3. The zero-order chi connectivity index (χ0) is 13.5. The van der Waals surface area contributed by atoms with Crippen molar-refractivity contribution in [3.05, 3.63) is 18.5 Å². The molecule has 20 heavy (non-hydrogen) atoms. The molecule has 4 heterocycles. The molecule has 102 valence electrons. The van der Waals surface area contributed by atoms with E-state index in [0.29, 0.717) is 29.1 Å². The van der Waals surface area contributed by atoms with E-state index >= 15 is 0 Å². The lowest BCUT2D eigenvalue weighted by molar-refractivity contribution is 0.313. The molecule has 3 aromatic heterocycles. The Morgan fingerprint density at radius 2 is 2.25 bits per heavy atom. The van der Waals surface area contributed by atoms with Gasteiger partial charge in [-0.3, -0.25) is 4.68 Å². The van der Waals surface area contributed by atoms with Crippen molar-refractivity contribution in [2.75, 3.05) is 13.1 Å². The summed E-state index contributed by atoms with van der Waals surface area (Å²) in [7, 11) is 1.84. The fourth-order valence-electron chi connectivity index (χ4n) is 1.98. The third-order valence-electron chi connectivity index (χ3n) is 3.23. The molecular formula is C11H12N8O. The molecule has 0 aliphatic carbocycles. The quantitative estimate of drug-likeness (QED) is 0.709. The molecule has 0 atom stereocenters. The molecular weight excluding hydrogens is 260 g/mol. The van der Waals surface area contributed by atoms with Crippen molar-refractivity contribution in [3.63, 3.8) is 0 Å². The lowest BCUT2D eigenvalue weighted by atomic mass is 10.2. The minimum absolute atomic E-state index is 0.351. The first kappa shape index (κ1) is 11.3. The van der Waals surface area contributed by atoms with E-state index in [1.807, 2.05) is 30.2 Å². The Labute approximate surface area is 113 Å². The first-order valence-electron chi connectivity index (χ1n) is 6.26. The first-order valence-corrected chi connectivity index (χ1v) is 6.26. The Bertz CT molecular complexity index is 737. The van der Waals surface area contributed by atoms with Gasteiger partial charge in [0.05, 0.1) is 12.2 Å². The van der Waals surface area contributed by atoms with Crippen LogP contribution in [0.2, 0.25) is 0 Å². The summed E-state index contributed by atoms with van der Waals surface area (Å²) in [6.07, 6.45) is 3.65. The maximum absolute atomic E-state index is 5.22. The third-order valence-corrected chi connectivity index (χ3v) is 3.23. The third kappa shape index (κ3) is 1.79. The Balaban J connectivity index is 1.62. The van der Waals surface area contributed by atoms with Gasteiger partial charge in [0.1, 0.15) is 5.69 Å². The van der Waals surface area contributed by atoms with Crippen molar-refractivity contribution >= 4 is 0 Å². The molecule has 1 saturated heterocycles. The van der Waals surface area contributed by atoms with Crippen LogP contribution in [0.15, 0.2) is 23.0 Å². The Morgan fingerprint density at radius 3 is 2.95 bits per heavy atom. The number of hydrogen-bond acceptors (Lipinski definition) is 7. The van der Waals surface area contributed by atoms with Crippen molar-refractivity contribution < 1.29 is 4.52 Å². The van der Waals surface area contributed by atoms with Gasteiger partial charge in [-0.2, -0.15) is 10.1 Å². The van der Waals surface area contributed by atoms with Gasteiger partial charge in [0.15, 0.2) is 5.69 Å². The van der Waals surface area contributed by atoms with Crippen molar-refractivity contribution in [3.8, 4) is 23.1 Å². The predicted octanol–water partition coefficient (Wildman–Crippen LogP) is -0.127. The van der Waals surface area contributed by atoms with Gasteiger partial charge >= 0.3 is 0 Å². The van der Waals surface area contributed by atoms with E-state index in [0.717, 1.165) is 13.1 Å². The fraction of sp³-hybridized carbons (Fsp3) is 0.364. The highest BCUT2D eigenvalue weighted by atomic mass is 16.5. The standard InChI is InChI=1S/C11H12N8O/c1-18-3-2-8(15-18)10-13-11(20-16-10)9-6-19(17-14-9)7-4-12-5-7/h2-3,6-7,12H,4-5H2,1H3.